The van der Waals surface area contributed by atoms with Crippen LogP contribution in [0.1, 0.15) is 6.92 Å². The second kappa shape index (κ2) is 5.08. The molecule has 0 saturated carbocycles. The highest BCUT2D eigenvalue weighted by Gasteiger charge is 2.03. The molecular weight excluding hydrogens is 225 g/mol. The summed E-state index contributed by atoms with van der Waals surface area (Å²) in [6.45, 7) is 2.06. The predicted molar refractivity (Wildman–Crippen MR) is 57.1 cm³/mol. The first-order valence-electron chi connectivity index (χ1n) is 4.02. The summed E-state index contributed by atoms with van der Waals surface area (Å²) in [5.41, 5.74) is 0.554. The Labute approximate surface area is 92.0 Å². The highest BCUT2D eigenvalue weighted by atomic mass is 35.5. The van der Waals surface area contributed by atoms with Crippen molar-refractivity contribution in [1.29, 1.82) is 0 Å². The van der Waals surface area contributed by atoms with Gasteiger partial charge in [0, 0.05) is 5.69 Å². The molecule has 0 bridgehead atoms. The SMILES string of the molecule is CCOC(=O)Nc1ccc(Cl)c(Cl)c1. The fourth-order valence-corrected chi connectivity index (χ4v) is 1.16. The molecule has 1 aromatic rings. The van der Waals surface area contributed by atoms with Crippen LogP contribution in [0.4, 0.5) is 10.5 Å². The average molecular weight is 234 g/mol. The molecule has 0 atom stereocenters. The van der Waals surface area contributed by atoms with Gasteiger partial charge in [-0.2, -0.15) is 0 Å². The molecule has 1 N–H and O–H groups in total. The van der Waals surface area contributed by atoms with Gasteiger partial charge in [-0.25, -0.2) is 4.79 Å². The Morgan fingerprint density at radius 3 is 2.71 bits per heavy atom. The quantitative estimate of drug-likeness (QED) is 0.849. The first-order valence-corrected chi connectivity index (χ1v) is 4.78. The zero-order valence-electron chi connectivity index (χ0n) is 7.51. The minimum atomic E-state index is -0.508. The molecule has 14 heavy (non-hydrogen) atoms. The van der Waals surface area contributed by atoms with E-state index in [2.05, 4.69) is 10.1 Å². The number of benzene rings is 1. The van der Waals surface area contributed by atoms with E-state index in [1.54, 1.807) is 25.1 Å². The van der Waals surface area contributed by atoms with Gasteiger partial charge in [-0.05, 0) is 25.1 Å². The van der Waals surface area contributed by atoms with E-state index < -0.39 is 6.09 Å². The number of hydrogen-bond donors (Lipinski definition) is 1. The zero-order chi connectivity index (χ0) is 10.6. The van der Waals surface area contributed by atoms with Crippen LogP contribution in [0.2, 0.25) is 10.0 Å². The molecule has 0 heterocycles. The van der Waals surface area contributed by atoms with E-state index in [0.29, 0.717) is 22.3 Å². The summed E-state index contributed by atoms with van der Waals surface area (Å²) >= 11 is 11.5. The first kappa shape index (κ1) is 11.1. The number of carbonyl (C=O) groups excluding carboxylic acids is 1. The lowest BCUT2D eigenvalue weighted by Crippen LogP contribution is -2.13. The molecular formula is C9H9Cl2NO2. The fourth-order valence-electron chi connectivity index (χ4n) is 0.859. The highest BCUT2D eigenvalue weighted by molar-refractivity contribution is 6.42. The molecule has 3 nitrogen and oxygen atoms in total. The van der Waals surface area contributed by atoms with Gasteiger partial charge in [0.1, 0.15) is 0 Å². The lowest BCUT2D eigenvalue weighted by Gasteiger charge is -2.05. The third-order valence-electron chi connectivity index (χ3n) is 1.44. The maximum atomic E-state index is 11.0. The molecule has 0 aliphatic carbocycles. The van der Waals surface area contributed by atoms with Crippen molar-refractivity contribution in [3.63, 3.8) is 0 Å². The summed E-state index contributed by atoms with van der Waals surface area (Å²) < 4.78 is 4.69. The molecule has 0 aliphatic heterocycles. The standard InChI is InChI=1S/C9H9Cl2NO2/c1-2-14-9(13)12-6-3-4-7(10)8(11)5-6/h3-5H,2H2,1H3,(H,12,13). The number of anilines is 1. The third kappa shape index (κ3) is 3.09. The predicted octanol–water partition coefficient (Wildman–Crippen LogP) is 3.56. The van der Waals surface area contributed by atoms with E-state index in [-0.39, 0.29) is 0 Å². The molecule has 0 aromatic heterocycles. The molecule has 0 saturated heterocycles. The van der Waals surface area contributed by atoms with Crippen LogP contribution in [-0.2, 0) is 4.74 Å². The van der Waals surface area contributed by atoms with Gasteiger partial charge in [-0.3, -0.25) is 5.32 Å². The Bertz CT molecular complexity index is 342. The number of nitrogens with one attached hydrogen (secondary N) is 1. The lowest BCUT2D eigenvalue weighted by atomic mass is 10.3. The number of amides is 1. The van der Waals surface area contributed by atoms with Crippen molar-refractivity contribution < 1.29 is 9.53 Å². The van der Waals surface area contributed by atoms with Crippen molar-refractivity contribution in [2.45, 2.75) is 6.92 Å². The van der Waals surface area contributed by atoms with Gasteiger partial charge in [0.15, 0.2) is 0 Å². The summed E-state index contributed by atoms with van der Waals surface area (Å²) in [7, 11) is 0. The van der Waals surface area contributed by atoms with E-state index >= 15 is 0 Å². The van der Waals surface area contributed by atoms with Gasteiger partial charge in [0.2, 0.25) is 0 Å². The minimum Gasteiger partial charge on any atom is -0.450 e. The molecule has 0 fully saturated rings. The van der Waals surface area contributed by atoms with Crippen LogP contribution in [0, 0.1) is 0 Å². The van der Waals surface area contributed by atoms with E-state index in [0.717, 1.165) is 0 Å². The van der Waals surface area contributed by atoms with Crippen LogP contribution in [0.3, 0.4) is 0 Å². The van der Waals surface area contributed by atoms with Crippen LogP contribution >= 0.6 is 23.2 Å². The number of carbonyl (C=O) groups is 1. The highest BCUT2D eigenvalue weighted by Crippen LogP contribution is 2.24. The van der Waals surface area contributed by atoms with Crippen molar-refractivity contribution in [3.8, 4) is 0 Å². The van der Waals surface area contributed by atoms with E-state index in [1.165, 1.54) is 0 Å². The second-order valence-corrected chi connectivity index (χ2v) is 3.29. The van der Waals surface area contributed by atoms with Gasteiger partial charge in [-0.15, -0.1) is 0 Å². The Hall–Kier alpha value is -0.930. The van der Waals surface area contributed by atoms with Crippen molar-refractivity contribution in [1.82, 2.24) is 0 Å². The molecule has 1 rings (SSSR count). The van der Waals surface area contributed by atoms with E-state index in [9.17, 15) is 4.79 Å². The van der Waals surface area contributed by atoms with Crippen LogP contribution in [0.25, 0.3) is 0 Å². The molecule has 0 radical (unpaired) electrons. The Balaban J connectivity index is 2.68. The maximum Gasteiger partial charge on any atom is 0.411 e. The molecule has 0 aliphatic rings. The number of rotatable bonds is 2. The lowest BCUT2D eigenvalue weighted by molar-refractivity contribution is 0.168. The molecule has 0 spiro atoms. The van der Waals surface area contributed by atoms with Crippen molar-refractivity contribution >= 4 is 35.0 Å². The summed E-state index contributed by atoms with van der Waals surface area (Å²) in [6, 6.07) is 4.80. The van der Waals surface area contributed by atoms with Gasteiger partial charge in [-0.1, -0.05) is 23.2 Å². The Morgan fingerprint density at radius 2 is 2.14 bits per heavy atom. The van der Waals surface area contributed by atoms with Crippen LogP contribution < -0.4 is 5.32 Å². The number of halogens is 2. The summed E-state index contributed by atoms with van der Waals surface area (Å²) in [4.78, 5) is 11.0. The third-order valence-corrected chi connectivity index (χ3v) is 2.18. The maximum absolute atomic E-state index is 11.0. The van der Waals surface area contributed by atoms with Gasteiger partial charge < -0.3 is 4.74 Å². The van der Waals surface area contributed by atoms with Crippen LogP contribution in [0.5, 0.6) is 0 Å². The van der Waals surface area contributed by atoms with Crippen molar-refractivity contribution in [2.24, 2.45) is 0 Å². The van der Waals surface area contributed by atoms with Gasteiger partial charge in [0.25, 0.3) is 0 Å². The van der Waals surface area contributed by atoms with E-state index in [4.69, 9.17) is 23.2 Å². The minimum absolute atomic E-state index is 0.327. The summed E-state index contributed by atoms with van der Waals surface area (Å²) in [5, 5.41) is 3.34. The number of hydrogen-bond acceptors (Lipinski definition) is 2. The summed E-state index contributed by atoms with van der Waals surface area (Å²) in [5.74, 6) is 0. The normalized spacial score (nSPS) is 9.64. The van der Waals surface area contributed by atoms with Crippen molar-refractivity contribution in [2.75, 3.05) is 11.9 Å². The van der Waals surface area contributed by atoms with Crippen LogP contribution in [0.15, 0.2) is 18.2 Å². The van der Waals surface area contributed by atoms with Gasteiger partial charge in [0.05, 0.1) is 16.7 Å². The molecule has 0 unspecified atom stereocenters. The molecule has 76 valence electrons. The van der Waals surface area contributed by atoms with E-state index in [1.807, 2.05) is 0 Å². The Kier molecular flexibility index (Phi) is 4.04. The topological polar surface area (TPSA) is 38.3 Å². The molecule has 5 heteroatoms. The molecule has 1 aromatic carbocycles. The van der Waals surface area contributed by atoms with Gasteiger partial charge >= 0.3 is 6.09 Å². The second-order valence-electron chi connectivity index (χ2n) is 2.47. The molecule has 1 amide bonds. The van der Waals surface area contributed by atoms with Crippen molar-refractivity contribution in [3.05, 3.63) is 28.2 Å². The smallest absolute Gasteiger partial charge is 0.411 e. The number of ether oxygens (including phenoxy) is 1. The fraction of sp³-hybridized carbons (Fsp3) is 0.222. The monoisotopic (exact) mass is 233 g/mol. The summed E-state index contributed by atoms with van der Waals surface area (Å²) in [6.07, 6.45) is -0.508. The zero-order valence-corrected chi connectivity index (χ0v) is 9.02. The average Bonchev–Trinajstić information content (AvgIpc) is 2.12. The van der Waals surface area contributed by atoms with Crippen LogP contribution in [-0.4, -0.2) is 12.7 Å². The largest absolute Gasteiger partial charge is 0.450 e. The Morgan fingerprint density at radius 1 is 1.43 bits per heavy atom. The first-order chi connectivity index (χ1) is 6.63.